The van der Waals surface area contributed by atoms with Gasteiger partial charge in [0.1, 0.15) is 16.8 Å². The molecule has 0 radical (unpaired) electrons. The Morgan fingerprint density at radius 1 is 0.886 bits per heavy atom. The van der Waals surface area contributed by atoms with E-state index in [2.05, 4.69) is 10.3 Å². The molecule has 9 heteroatoms. The number of benzene rings is 1. The minimum Gasteiger partial charge on any atom is -0.443 e. The van der Waals surface area contributed by atoms with E-state index in [1.807, 2.05) is 30.3 Å². The molecule has 3 rings (SSSR count). The molecule has 0 saturated heterocycles. The zero-order valence-electron chi connectivity index (χ0n) is 21.0. The van der Waals surface area contributed by atoms with Crippen LogP contribution in [0.4, 0.5) is 9.59 Å². The number of hydrogen-bond donors (Lipinski definition) is 1. The van der Waals surface area contributed by atoms with Gasteiger partial charge in [-0.1, -0.05) is 30.3 Å². The van der Waals surface area contributed by atoms with Gasteiger partial charge in [0.25, 0.3) is 5.91 Å². The molecule has 0 unspecified atom stereocenters. The Hall–Kier alpha value is -3.88. The van der Waals surface area contributed by atoms with Crippen molar-refractivity contribution < 1.29 is 23.9 Å². The lowest BCUT2D eigenvalue weighted by atomic mass is 10.2. The average molecular weight is 481 g/mol. The summed E-state index contributed by atoms with van der Waals surface area (Å²) in [5.41, 5.74) is 0.859. The molecule has 3 amide bonds. The van der Waals surface area contributed by atoms with Gasteiger partial charge in [0.05, 0.1) is 17.8 Å². The van der Waals surface area contributed by atoms with Crippen molar-refractivity contribution >= 4 is 23.7 Å². The van der Waals surface area contributed by atoms with Gasteiger partial charge < -0.3 is 19.2 Å². The maximum absolute atomic E-state index is 12.8. The lowest BCUT2D eigenvalue weighted by Gasteiger charge is -2.28. The van der Waals surface area contributed by atoms with Crippen LogP contribution in [-0.2, 0) is 22.6 Å². The number of fused-ring (bicyclic) bond motifs is 1. The third-order valence-corrected chi connectivity index (χ3v) is 4.61. The lowest BCUT2D eigenvalue weighted by molar-refractivity contribution is -0.000472. The van der Waals surface area contributed by atoms with Crippen molar-refractivity contribution in [3.8, 4) is 0 Å². The quantitative estimate of drug-likeness (QED) is 0.555. The largest absolute Gasteiger partial charge is 0.443 e. The molecule has 0 aliphatic rings. The number of imidazole rings is 1. The van der Waals surface area contributed by atoms with Gasteiger partial charge in [0, 0.05) is 18.9 Å². The van der Waals surface area contributed by atoms with Gasteiger partial charge in [-0.3, -0.25) is 4.79 Å². The van der Waals surface area contributed by atoms with Crippen LogP contribution in [0.2, 0.25) is 0 Å². The second-order valence-electron chi connectivity index (χ2n) is 10.1. The molecule has 1 aromatic carbocycles. The molecule has 9 nitrogen and oxygen atoms in total. The van der Waals surface area contributed by atoms with E-state index in [1.54, 1.807) is 70.5 Å². The van der Waals surface area contributed by atoms with Crippen LogP contribution in [0.5, 0.6) is 0 Å². The SMILES string of the molecule is CC(C)(C)OC(=O)N(Cc1cn2cc(C(=O)NCc3ccccc3)ccc2n1)C(=O)OC(C)(C)C. The van der Waals surface area contributed by atoms with Gasteiger partial charge in [-0.25, -0.2) is 19.5 Å². The molecule has 0 aliphatic heterocycles. The molecule has 2 heterocycles. The van der Waals surface area contributed by atoms with Crippen LogP contribution in [0.3, 0.4) is 0 Å². The molecule has 0 atom stereocenters. The molecule has 0 bridgehead atoms. The number of rotatable bonds is 5. The number of carbonyl (C=O) groups is 3. The molecule has 0 saturated carbocycles. The fourth-order valence-electron chi connectivity index (χ4n) is 3.13. The molecular weight excluding hydrogens is 448 g/mol. The standard InChI is InChI=1S/C26H32N4O5/c1-25(2,3)34-23(32)30(24(33)35-26(4,5)6)17-20-16-29-15-19(12-13-21(29)28-20)22(31)27-14-18-10-8-7-9-11-18/h7-13,15-16H,14,17H2,1-6H3,(H,27,31). The van der Waals surface area contributed by atoms with Crippen molar-refractivity contribution in [2.75, 3.05) is 0 Å². The summed E-state index contributed by atoms with van der Waals surface area (Å²) in [5.74, 6) is -0.227. The Labute approximate surface area is 205 Å². The maximum Gasteiger partial charge on any atom is 0.420 e. The molecule has 35 heavy (non-hydrogen) atoms. The van der Waals surface area contributed by atoms with Crippen molar-refractivity contribution in [2.45, 2.75) is 65.8 Å². The van der Waals surface area contributed by atoms with Crippen molar-refractivity contribution in [1.82, 2.24) is 19.6 Å². The van der Waals surface area contributed by atoms with Crippen LogP contribution in [-0.4, -0.2) is 43.6 Å². The molecule has 0 fully saturated rings. The number of nitrogens with zero attached hydrogens (tertiary/aromatic N) is 3. The van der Waals surface area contributed by atoms with E-state index in [1.165, 1.54) is 0 Å². The number of ether oxygens (including phenoxy) is 2. The van der Waals surface area contributed by atoms with Crippen LogP contribution < -0.4 is 5.32 Å². The molecule has 3 aromatic rings. The van der Waals surface area contributed by atoms with E-state index in [-0.39, 0.29) is 12.5 Å². The first-order chi connectivity index (χ1) is 16.3. The highest BCUT2D eigenvalue weighted by Gasteiger charge is 2.32. The summed E-state index contributed by atoms with van der Waals surface area (Å²) in [6, 6.07) is 13.0. The lowest BCUT2D eigenvalue weighted by Crippen LogP contribution is -2.43. The Kier molecular flexibility index (Phi) is 7.48. The van der Waals surface area contributed by atoms with Gasteiger partial charge >= 0.3 is 12.2 Å². The molecule has 2 aromatic heterocycles. The highest BCUT2D eigenvalue weighted by molar-refractivity contribution is 5.94. The average Bonchev–Trinajstić information content (AvgIpc) is 3.15. The van der Waals surface area contributed by atoms with Gasteiger partial charge in [-0.15, -0.1) is 0 Å². The highest BCUT2D eigenvalue weighted by atomic mass is 16.6. The molecular formula is C26H32N4O5. The van der Waals surface area contributed by atoms with E-state index in [9.17, 15) is 14.4 Å². The van der Waals surface area contributed by atoms with E-state index >= 15 is 0 Å². The first-order valence-electron chi connectivity index (χ1n) is 11.3. The maximum atomic E-state index is 12.8. The Morgan fingerprint density at radius 2 is 1.49 bits per heavy atom. The number of nitrogens with one attached hydrogen (secondary N) is 1. The second-order valence-corrected chi connectivity index (χ2v) is 10.1. The van der Waals surface area contributed by atoms with E-state index in [0.717, 1.165) is 10.5 Å². The minimum absolute atomic E-state index is 0.152. The summed E-state index contributed by atoms with van der Waals surface area (Å²) in [4.78, 5) is 43.5. The summed E-state index contributed by atoms with van der Waals surface area (Å²) in [7, 11) is 0. The van der Waals surface area contributed by atoms with Gasteiger partial charge in [-0.05, 0) is 59.2 Å². The van der Waals surface area contributed by atoms with Crippen LogP contribution in [0.25, 0.3) is 5.65 Å². The van der Waals surface area contributed by atoms with Gasteiger partial charge in [-0.2, -0.15) is 0 Å². The zero-order valence-corrected chi connectivity index (χ0v) is 21.0. The third kappa shape index (κ3) is 7.56. The van der Waals surface area contributed by atoms with Crippen LogP contribution in [0.1, 0.15) is 63.2 Å². The molecule has 186 valence electrons. The van der Waals surface area contributed by atoms with Gasteiger partial charge in [0.15, 0.2) is 0 Å². The van der Waals surface area contributed by atoms with E-state index < -0.39 is 23.4 Å². The Morgan fingerprint density at radius 3 is 2.06 bits per heavy atom. The van der Waals surface area contributed by atoms with Gasteiger partial charge in [0.2, 0.25) is 0 Å². The monoisotopic (exact) mass is 480 g/mol. The molecule has 1 N–H and O–H groups in total. The predicted molar refractivity (Wildman–Crippen MR) is 131 cm³/mol. The highest BCUT2D eigenvalue weighted by Crippen LogP contribution is 2.18. The van der Waals surface area contributed by atoms with Crippen molar-refractivity contribution in [3.05, 3.63) is 71.7 Å². The first-order valence-corrected chi connectivity index (χ1v) is 11.3. The predicted octanol–water partition coefficient (Wildman–Crippen LogP) is 4.94. The fraction of sp³-hybridized carbons (Fsp3) is 0.385. The first kappa shape index (κ1) is 25.7. The topological polar surface area (TPSA) is 102 Å². The Balaban J connectivity index is 1.78. The number of pyridine rings is 1. The van der Waals surface area contributed by atoms with E-state index in [4.69, 9.17) is 9.47 Å². The smallest absolute Gasteiger partial charge is 0.420 e. The number of hydrogen-bond acceptors (Lipinski definition) is 6. The van der Waals surface area contributed by atoms with Crippen molar-refractivity contribution in [2.24, 2.45) is 0 Å². The van der Waals surface area contributed by atoms with Crippen LogP contribution in [0, 0.1) is 0 Å². The van der Waals surface area contributed by atoms with Crippen LogP contribution in [0.15, 0.2) is 54.9 Å². The summed E-state index contributed by atoms with van der Waals surface area (Å²) in [6.07, 6.45) is 1.65. The Bertz CT molecular complexity index is 1180. The normalized spacial score (nSPS) is 11.7. The number of imide groups is 1. The van der Waals surface area contributed by atoms with Crippen LogP contribution >= 0.6 is 0 Å². The van der Waals surface area contributed by atoms with Crippen molar-refractivity contribution in [1.29, 1.82) is 0 Å². The number of aromatic nitrogens is 2. The second kappa shape index (κ2) is 10.2. The minimum atomic E-state index is -0.829. The number of amides is 3. The number of carbonyl (C=O) groups excluding carboxylic acids is 3. The molecule has 0 spiro atoms. The summed E-state index contributed by atoms with van der Waals surface area (Å²) < 4.78 is 12.5. The summed E-state index contributed by atoms with van der Waals surface area (Å²) in [6.45, 7) is 10.6. The molecule has 0 aliphatic carbocycles. The van der Waals surface area contributed by atoms with E-state index in [0.29, 0.717) is 23.4 Å². The summed E-state index contributed by atoms with van der Waals surface area (Å²) >= 11 is 0. The van der Waals surface area contributed by atoms with Crippen molar-refractivity contribution in [3.63, 3.8) is 0 Å². The fourth-order valence-corrected chi connectivity index (χ4v) is 3.13. The third-order valence-electron chi connectivity index (χ3n) is 4.61. The summed E-state index contributed by atoms with van der Waals surface area (Å²) in [5, 5.41) is 2.89. The zero-order chi connectivity index (χ0) is 25.8.